The lowest BCUT2D eigenvalue weighted by molar-refractivity contribution is 0.0945. The summed E-state index contributed by atoms with van der Waals surface area (Å²) >= 11 is 1.22. The summed E-state index contributed by atoms with van der Waals surface area (Å²) in [6.45, 7) is 0. The van der Waals surface area contributed by atoms with E-state index in [2.05, 4.69) is 66.5 Å². The van der Waals surface area contributed by atoms with E-state index in [1.54, 1.807) is 18.5 Å². The van der Waals surface area contributed by atoms with Gasteiger partial charge < -0.3 is 10.3 Å². The van der Waals surface area contributed by atoms with E-state index in [0.717, 1.165) is 49.8 Å². The van der Waals surface area contributed by atoms with Crippen LogP contribution < -0.4 is 5.32 Å². The van der Waals surface area contributed by atoms with E-state index in [9.17, 15) is 4.79 Å². The maximum absolute atomic E-state index is 13.4. The van der Waals surface area contributed by atoms with Crippen LogP contribution in [0, 0.1) is 0 Å². The molecule has 3 aromatic carbocycles. The molecule has 1 atom stereocenters. The maximum Gasteiger partial charge on any atom is 0.252 e. The van der Waals surface area contributed by atoms with Crippen LogP contribution in [0.5, 0.6) is 0 Å². The number of nitrogens with one attached hydrogen (secondary N) is 2. The van der Waals surface area contributed by atoms with Gasteiger partial charge in [0.25, 0.3) is 5.91 Å². The number of hydrogen-bond acceptors (Lipinski definition) is 5. The summed E-state index contributed by atoms with van der Waals surface area (Å²) in [4.78, 5) is 20.8. The molecule has 0 fully saturated rings. The highest BCUT2D eigenvalue weighted by atomic mass is 32.1. The number of pyridine rings is 1. The number of aromatic nitrogens is 4. The standard InChI is InChI=1S/C27H17N5OS/c33-27(20-11-13-29-26-19(20)10-12-28-26)30-25-18-5-2-1-4-17(18)24-16(6-3-7-21(24)25)15-8-9-22-23(14-15)32-34-31-22/h1-14,25H,(H,28,29)(H,30,33). The second kappa shape index (κ2) is 7.33. The van der Waals surface area contributed by atoms with Gasteiger partial charge in [-0.1, -0.05) is 48.5 Å². The summed E-state index contributed by atoms with van der Waals surface area (Å²) in [7, 11) is 0. The minimum absolute atomic E-state index is 0.125. The van der Waals surface area contributed by atoms with Crippen LogP contribution in [0.4, 0.5) is 0 Å². The van der Waals surface area contributed by atoms with Crippen molar-refractivity contribution >= 4 is 39.7 Å². The SMILES string of the molecule is O=C(NC1c2ccccc2-c2c(-c3ccc4nsnc4c3)cccc21)c1ccnc2[nH]ccc12. The summed E-state index contributed by atoms with van der Waals surface area (Å²) in [5, 5.41) is 4.10. The molecule has 0 bridgehead atoms. The number of nitrogens with zero attached hydrogens (tertiary/aromatic N) is 3. The third-order valence-corrected chi connectivity index (χ3v) is 7.05. The second-order valence-corrected chi connectivity index (χ2v) is 8.86. The van der Waals surface area contributed by atoms with E-state index < -0.39 is 0 Å². The van der Waals surface area contributed by atoms with E-state index in [1.165, 1.54) is 11.7 Å². The molecule has 1 amide bonds. The van der Waals surface area contributed by atoms with Gasteiger partial charge in [0, 0.05) is 17.8 Å². The fraction of sp³-hybridized carbons (Fsp3) is 0.0370. The molecular formula is C27H17N5OS. The molecule has 0 radical (unpaired) electrons. The highest BCUT2D eigenvalue weighted by Gasteiger charge is 2.32. The Hall–Kier alpha value is -4.36. The molecular weight excluding hydrogens is 442 g/mol. The molecule has 7 heteroatoms. The Bertz CT molecular complexity index is 1730. The average molecular weight is 460 g/mol. The minimum Gasteiger partial charge on any atom is -0.346 e. The number of carbonyl (C=O) groups excluding carboxylic acids is 1. The van der Waals surface area contributed by atoms with Gasteiger partial charge in [0.2, 0.25) is 0 Å². The van der Waals surface area contributed by atoms with Crippen LogP contribution in [0.1, 0.15) is 27.5 Å². The molecule has 162 valence electrons. The molecule has 7 rings (SSSR count). The Labute approximate surface area is 198 Å². The lowest BCUT2D eigenvalue weighted by Gasteiger charge is -2.17. The Morgan fingerprint density at radius 3 is 2.71 bits per heavy atom. The molecule has 6 nitrogen and oxygen atoms in total. The van der Waals surface area contributed by atoms with E-state index in [1.807, 2.05) is 24.3 Å². The van der Waals surface area contributed by atoms with Crippen molar-refractivity contribution in [3.8, 4) is 22.3 Å². The van der Waals surface area contributed by atoms with E-state index in [-0.39, 0.29) is 11.9 Å². The lowest BCUT2D eigenvalue weighted by atomic mass is 9.94. The zero-order valence-corrected chi connectivity index (χ0v) is 18.6. The summed E-state index contributed by atoms with van der Waals surface area (Å²) in [6.07, 6.45) is 3.46. The van der Waals surface area contributed by atoms with Crippen LogP contribution in [0.3, 0.4) is 0 Å². The van der Waals surface area contributed by atoms with Crippen molar-refractivity contribution in [2.45, 2.75) is 6.04 Å². The molecule has 6 aromatic rings. The van der Waals surface area contributed by atoms with Gasteiger partial charge in [-0.25, -0.2) is 4.98 Å². The van der Waals surface area contributed by atoms with Gasteiger partial charge in [-0.2, -0.15) is 8.75 Å². The summed E-state index contributed by atoms with van der Waals surface area (Å²) in [6, 6.07) is 24.2. The molecule has 0 spiro atoms. The predicted molar refractivity (Wildman–Crippen MR) is 134 cm³/mol. The highest BCUT2D eigenvalue weighted by molar-refractivity contribution is 7.00. The topological polar surface area (TPSA) is 83.6 Å². The molecule has 1 unspecified atom stereocenters. The molecule has 2 N–H and O–H groups in total. The smallest absolute Gasteiger partial charge is 0.252 e. The zero-order valence-electron chi connectivity index (χ0n) is 17.8. The Morgan fingerprint density at radius 1 is 0.882 bits per heavy atom. The quantitative estimate of drug-likeness (QED) is 0.354. The number of rotatable bonds is 3. The summed E-state index contributed by atoms with van der Waals surface area (Å²) in [5.41, 5.74) is 9.77. The first-order valence-corrected chi connectivity index (χ1v) is 11.7. The molecule has 1 aliphatic carbocycles. The fourth-order valence-corrected chi connectivity index (χ4v) is 5.49. The number of H-pyrrole nitrogens is 1. The molecule has 0 saturated carbocycles. The normalized spacial score (nSPS) is 14.3. The van der Waals surface area contributed by atoms with E-state index in [0.29, 0.717) is 11.2 Å². The molecule has 34 heavy (non-hydrogen) atoms. The number of fused-ring (bicyclic) bond motifs is 5. The van der Waals surface area contributed by atoms with Crippen molar-refractivity contribution < 1.29 is 4.79 Å². The van der Waals surface area contributed by atoms with Crippen molar-refractivity contribution in [1.82, 2.24) is 24.0 Å². The molecule has 1 aliphatic rings. The van der Waals surface area contributed by atoms with Crippen molar-refractivity contribution in [2.75, 3.05) is 0 Å². The third kappa shape index (κ3) is 2.80. The lowest BCUT2D eigenvalue weighted by Crippen LogP contribution is -2.28. The largest absolute Gasteiger partial charge is 0.346 e. The second-order valence-electron chi connectivity index (χ2n) is 8.33. The Kier molecular flexibility index (Phi) is 4.13. The molecule has 0 aliphatic heterocycles. The predicted octanol–water partition coefficient (Wildman–Crippen LogP) is 5.73. The van der Waals surface area contributed by atoms with Crippen LogP contribution >= 0.6 is 11.7 Å². The van der Waals surface area contributed by atoms with Crippen LogP contribution in [0.15, 0.2) is 85.2 Å². The van der Waals surface area contributed by atoms with Crippen LogP contribution in [-0.2, 0) is 0 Å². The Balaban J connectivity index is 1.36. The fourth-order valence-electron chi connectivity index (χ4n) is 4.97. The maximum atomic E-state index is 13.4. The summed E-state index contributed by atoms with van der Waals surface area (Å²) < 4.78 is 8.75. The van der Waals surface area contributed by atoms with Gasteiger partial charge in [-0.3, -0.25) is 4.79 Å². The molecule has 0 saturated heterocycles. The first-order valence-electron chi connectivity index (χ1n) is 11.0. The minimum atomic E-state index is -0.245. The summed E-state index contributed by atoms with van der Waals surface area (Å²) in [5.74, 6) is -0.125. The number of hydrogen-bond donors (Lipinski definition) is 2. The number of carbonyl (C=O) groups is 1. The van der Waals surface area contributed by atoms with Crippen LogP contribution in [0.25, 0.3) is 44.3 Å². The van der Waals surface area contributed by atoms with Gasteiger partial charge in [-0.15, -0.1) is 0 Å². The van der Waals surface area contributed by atoms with Crippen molar-refractivity contribution in [3.05, 3.63) is 102 Å². The number of benzene rings is 3. The third-order valence-electron chi connectivity index (χ3n) is 6.49. The highest BCUT2D eigenvalue weighted by Crippen LogP contribution is 2.48. The van der Waals surface area contributed by atoms with Crippen molar-refractivity contribution in [1.29, 1.82) is 0 Å². The first kappa shape index (κ1) is 19.1. The number of amides is 1. The van der Waals surface area contributed by atoms with Gasteiger partial charge in [0.05, 0.1) is 23.3 Å². The van der Waals surface area contributed by atoms with Gasteiger partial charge in [-0.05, 0) is 57.6 Å². The van der Waals surface area contributed by atoms with E-state index in [4.69, 9.17) is 0 Å². The van der Waals surface area contributed by atoms with Gasteiger partial charge in [0.15, 0.2) is 0 Å². The van der Waals surface area contributed by atoms with Crippen LogP contribution in [-0.4, -0.2) is 24.6 Å². The van der Waals surface area contributed by atoms with Crippen molar-refractivity contribution in [2.24, 2.45) is 0 Å². The van der Waals surface area contributed by atoms with Crippen LogP contribution in [0.2, 0.25) is 0 Å². The average Bonchev–Trinajstić information content (AvgIpc) is 3.61. The molecule has 3 aromatic heterocycles. The monoisotopic (exact) mass is 459 g/mol. The van der Waals surface area contributed by atoms with Crippen molar-refractivity contribution in [3.63, 3.8) is 0 Å². The van der Waals surface area contributed by atoms with Gasteiger partial charge in [0.1, 0.15) is 16.7 Å². The Morgan fingerprint density at radius 2 is 1.74 bits per heavy atom. The van der Waals surface area contributed by atoms with E-state index >= 15 is 0 Å². The number of aromatic amines is 1. The zero-order chi connectivity index (χ0) is 22.6. The van der Waals surface area contributed by atoms with Gasteiger partial charge >= 0.3 is 0 Å². The molecule has 3 heterocycles. The first-order chi connectivity index (χ1) is 16.8.